The van der Waals surface area contributed by atoms with Crippen molar-refractivity contribution < 1.29 is 9.53 Å². The first-order valence-corrected chi connectivity index (χ1v) is 8.65. The number of carbonyl (C=O) groups is 1. The van der Waals surface area contributed by atoms with Crippen LogP contribution in [0.4, 0.5) is 17.5 Å². The quantitative estimate of drug-likeness (QED) is 0.601. The number of ether oxygens (including phenoxy) is 1. The monoisotopic (exact) mass is 383 g/mol. The number of hydrogen-bond acceptors (Lipinski definition) is 7. The molecular formula is C19H18ClN5O2. The third kappa shape index (κ3) is 5.39. The first-order valence-electron chi connectivity index (χ1n) is 8.27. The van der Waals surface area contributed by atoms with Crippen molar-refractivity contribution in [2.75, 3.05) is 24.3 Å². The molecule has 0 amide bonds. The van der Waals surface area contributed by atoms with E-state index in [2.05, 4.69) is 30.6 Å². The lowest BCUT2D eigenvalue weighted by Crippen LogP contribution is -2.09. The first-order chi connectivity index (χ1) is 13.1. The Morgan fingerprint density at radius 1 is 1.19 bits per heavy atom. The molecule has 0 unspecified atom stereocenters. The van der Waals surface area contributed by atoms with Crippen LogP contribution in [-0.4, -0.2) is 34.8 Å². The molecule has 3 aromatic rings. The molecule has 8 heteroatoms. The van der Waals surface area contributed by atoms with Gasteiger partial charge in [-0.05, 0) is 48.4 Å². The van der Waals surface area contributed by atoms with Gasteiger partial charge in [0.05, 0.1) is 18.9 Å². The zero-order chi connectivity index (χ0) is 19.1. The molecule has 0 aliphatic heterocycles. The number of rotatable bonds is 7. The summed E-state index contributed by atoms with van der Waals surface area (Å²) < 4.78 is 4.68. The third-order valence-corrected chi connectivity index (χ3v) is 3.96. The summed E-state index contributed by atoms with van der Waals surface area (Å²) in [6, 6.07) is 14.6. The molecule has 138 valence electrons. The average molecular weight is 384 g/mol. The Bertz CT molecular complexity index is 918. The molecule has 0 radical (unpaired) electrons. The van der Waals surface area contributed by atoms with Crippen molar-refractivity contribution in [2.24, 2.45) is 0 Å². The van der Waals surface area contributed by atoms with Crippen molar-refractivity contribution in [2.45, 2.75) is 6.42 Å². The minimum atomic E-state index is -0.384. The van der Waals surface area contributed by atoms with Gasteiger partial charge in [-0.2, -0.15) is 10.1 Å². The lowest BCUT2D eigenvalue weighted by molar-refractivity contribution is 0.0601. The number of hydrogen-bond donors (Lipinski definition) is 2. The second-order valence-electron chi connectivity index (χ2n) is 5.67. The summed E-state index contributed by atoms with van der Waals surface area (Å²) in [6.07, 6.45) is 2.37. The van der Waals surface area contributed by atoms with E-state index in [1.807, 2.05) is 24.3 Å². The van der Waals surface area contributed by atoms with Gasteiger partial charge in [-0.25, -0.2) is 4.79 Å². The number of esters is 1. The first kappa shape index (κ1) is 18.6. The lowest BCUT2D eigenvalue weighted by Gasteiger charge is -2.08. The number of methoxy groups -OCH3 is 1. The summed E-state index contributed by atoms with van der Waals surface area (Å²) in [7, 11) is 1.35. The number of nitrogens with one attached hydrogen (secondary N) is 2. The highest BCUT2D eigenvalue weighted by atomic mass is 35.5. The van der Waals surface area contributed by atoms with Gasteiger partial charge in [0, 0.05) is 17.3 Å². The predicted octanol–water partition coefficient (Wildman–Crippen LogP) is 3.71. The fraction of sp³-hybridized carbons (Fsp3) is 0.158. The van der Waals surface area contributed by atoms with Crippen molar-refractivity contribution in [3.05, 3.63) is 70.9 Å². The topological polar surface area (TPSA) is 89.0 Å². The summed E-state index contributed by atoms with van der Waals surface area (Å²) >= 11 is 5.99. The van der Waals surface area contributed by atoms with Gasteiger partial charge < -0.3 is 15.4 Å². The maximum Gasteiger partial charge on any atom is 0.337 e. The molecule has 0 saturated carbocycles. The van der Waals surface area contributed by atoms with E-state index in [4.69, 9.17) is 11.6 Å². The molecule has 0 bridgehead atoms. The number of carbonyl (C=O) groups excluding carboxylic acids is 1. The summed E-state index contributed by atoms with van der Waals surface area (Å²) in [5.74, 6) is 0.583. The maximum atomic E-state index is 11.5. The van der Waals surface area contributed by atoms with Crippen LogP contribution >= 0.6 is 11.6 Å². The molecule has 0 aliphatic carbocycles. The number of nitrogens with zero attached hydrogens (tertiary/aromatic N) is 3. The molecule has 1 aromatic heterocycles. The van der Waals surface area contributed by atoms with Crippen LogP contribution in [0.15, 0.2) is 54.7 Å². The molecule has 2 N–H and O–H groups in total. The van der Waals surface area contributed by atoms with E-state index in [-0.39, 0.29) is 5.97 Å². The van der Waals surface area contributed by atoms with Gasteiger partial charge in [0.15, 0.2) is 5.82 Å². The molecule has 0 fully saturated rings. The van der Waals surface area contributed by atoms with Crippen molar-refractivity contribution in [1.82, 2.24) is 15.2 Å². The van der Waals surface area contributed by atoms with Crippen LogP contribution in [0.1, 0.15) is 15.9 Å². The van der Waals surface area contributed by atoms with Gasteiger partial charge in [-0.1, -0.05) is 23.7 Å². The van der Waals surface area contributed by atoms with Crippen LogP contribution in [0.3, 0.4) is 0 Å². The van der Waals surface area contributed by atoms with E-state index in [1.54, 1.807) is 30.5 Å². The minimum absolute atomic E-state index is 0.355. The molecule has 0 atom stereocenters. The van der Waals surface area contributed by atoms with Crippen LogP contribution in [0.5, 0.6) is 0 Å². The molecule has 1 heterocycles. The number of anilines is 3. The Morgan fingerprint density at radius 2 is 2.00 bits per heavy atom. The summed E-state index contributed by atoms with van der Waals surface area (Å²) in [5.41, 5.74) is 2.35. The van der Waals surface area contributed by atoms with E-state index in [0.717, 1.165) is 22.7 Å². The zero-order valence-corrected chi connectivity index (χ0v) is 15.4. The molecule has 7 nitrogen and oxygen atoms in total. The van der Waals surface area contributed by atoms with Crippen molar-refractivity contribution in [3.8, 4) is 0 Å². The van der Waals surface area contributed by atoms with Crippen LogP contribution in [0.25, 0.3) is 0 Å². The molecule has 3 rings (SSSR count). The summed E-state index contributed by atoms with van der Waals surface area (Å²) in [6.45, 7) is 0.687. The van der Waals surface area contributed by atoms with Crippen molar-refractivity contribution in [1.29, 1.82) is 0 Å². The molecule has 27 heavy (non-hydrogen) atoms. The van der Waals surface area contributed by atoms with Crippen LogP contribution in [-0.2, 0) is 11.2 Å². The highest BCUT2D eigenvalue weighted by molar-refractivity contribution is 6.30. The number of aromatic nitrogens is 3. The van der Waals surface area contributed by atoms with Gasteiger partial charge in [-0.3, -0.25) is 0 Å². The lowest BCUT2D eigenvalue weighted by atomic mass is 10.1. The highest BCUT2D eigenvalue weighted by Gasteiger charge is 2.06. The smallest absolute Gasteiger partial charge is 0.337 e. The Morgan fingerprint density at radius 3 is 2.74 bits per heavy atom. The number of benzene rings is 2. The fourth-order valence-electron chi connectivity index (χ4n) is 2.41. The predicted molar refractivity (Wildman–Crippen MR) is 105 cm³/mol. The second-order valence-corrected chi connectivity index (χ2v) is 6.10. The molecule has 0 aliphatic rings. The highest BCUT2D eigenvalue weighted by Crippen LogP contribution is 2.15. The van der Waals surface area contributed by atoms with Crippen molar-refractivity contribution >= 4 is 35.0 Å². The van der Waals surface area contributed by atoms with Gasteiger partial charge in [0.25, 0.3) is 0 Å². The Labute approximate surface area is 161 Å². The maximum absolute atomic E-state index is 11.5. The van der Waals surface area contributed by atoms with E-state index in [1.165, 1.54) is 7.11 Å². The molecule has 0 spiro atoms. The van der Waals surface area contributed by atoms with Crippen LogP contribution < -0.4 is 10.6 Å². The normalized spacial score (nSPS) is 10.3. The third-order valence-electron chi connectivity index (χ3n) is 3.73. The van der Waals surface area contributed by atoms with E-state index >= 15 is 0 Å². The Kier molecular flexibility index (Phi) is 6.17. The van der Waals surface area contributed by atoms with Gasteiger partial charge >= 0.3 is 5.97 Å². The molecular weight excluding hydrogens is 366 g/mol. The summed E-state index contributed by atoms with van der Waals surface area (Å²) in [4.78, 5) is 15.8. The number of halogens is 1. The second kappa shape index (κ2) is 8.95. The van der Waals surface area contributed by atoms with E-state index in [9.17, 15) is 4.79 Å². The fourth-order valence-corrected chi connectivity index (χ4v) is 2.62. The van der Waals surface area contributed by atoms with Crippen LogP contribution in [0, 0.1) is 0 Å². The van der Waals surface area contributed by atoms with Crippen LogP contribution in [0.2, 0.25) is 5.02 Å². The van der Waals surface area contributed by atoms with Gasteiger partial charge in [-0.15, -0.1) is 5.10 Å². The van der Waals surface area contributed by atoms with E-state index in [0.29, 0.717) is 23.9 Å². The minimum Gasteiger partial charge on any atom is -0.465 e. The Hall–Kier alpha value is -3.19. The SMILES string of the molecule is COC(=O)c1ccc(Nc2nncc(NCCc3cccc(Cl)c3)n2)cc1. The van der Waals surface area contributed by atoms with Crippen molar-refractivity contribution in [3.63, 3.8) is 0 Å². The molecule has 2 aromatic carbocycles. The largest absolute Gasteiger partial charge is 0.465 e. The standard InChI is InChI=1S/C19H18ClN5O2/c1-27-18(26)14-5-7-16(8-6-14)23-19-24-17(12-22-25-19)21-10-9-13-3-2-4-15(20)11-13/h2-8,11-12H,9-10H2,1H3,(H2,21,23,24,25). The van der Waals surface area contributed by atoms with Gasteiger partial charge in [0.1, 0.15) is 0 Å². The average Bonchev–Trinajstić information content (AvgIpc) is 2.68. The Balaban J connectivity index is 1.57. The van der Waals surface area contributed by atoms with Gasteiger partial charge in [0.2, 0.25) is 5.95 Å². The molecule has 0 saturated heterocycles. The van der Waals surface area contributed by atoms with E-state index < -0.39 is 0 Å². The summed E-state index contributed by atoms with van der Waals surface area (Å²) in [5, 5.41) is 14.9. The zero-order valence-electron chi connectivity index (χ0n) is 14.6.